The van der Waals surface area contributed by atoms with Crippen LogP contribution in [0.1, 0.15) is 27.2 Å². The molecule has 1 atom stereocenters. The molecule has 5 nitrogen and oxygen atoms in total. The number of carbonyl (C=O) groups excluding carboxylic acids is 2. The molecule has 0 bridgehead atoms. The second-order valence-electron chi connectivity index (χ2n) is 6.32. The number of anilines is 1. The fourth-order valence-electron chi connectivity index (χ4n) is 2.38. The number of benzene rings is 1. The van der Waals surface area contributed by atoms with E-state index in [1.807, 2.05) is 31.2 Å². The first kappa shape index (κ1) is 17.6. The molecule has 0 aliphatic carbocycles. The van der Waals surface area contributed by atoms with Crippen LogP contribution in [-0.2, 0) is 9.59 Å². The molecular weight excluding hydrogens is 316 g/mol. The average molecular weight is 339 g/mol. The van der Waals surface area contributed by atoms with Crippen molar-refractivity contribution < 1.29 is 14.3 Å². The van der Waals surface area contributed by atoms with E-state index in [4.69, 9.17) is 16.3 Å². The summed E-state index contributed by atoms with van der Waals surface area (Å²) in [4.78, 5) is 26.1. The van der Waals surface area contributed by atoms with Crippen LogP contribution in [0.25, 0.3) is 0 Å². The molecule has 0 spiro atoms. The number of amides is 2. The van der Waals surface area contributed by atoms with E-state index in [-0.39, 0.29) is 23.7 Å². The highest BCUT2D eigenvalue weighted by atomic mass is 35.5. The molecule has 2 rings (SSSR count). The van der Waals surface area contributed by atoms with Crippen LogP contribution in [0.15, 0.2) is 24.3 Å². The summed E-state index contributed by atoms with van der Waals surface area (Å²) in [6.45, 7) is 6.57. The summed E-state index contributed by atoms with van der Waals surface area (Å²) in [5.74, 6) is 0.890. The van der Waals surface area contributed by atoms with Gasteiger partial charge in [-0.2, -0.15) is 0 Å². The van der Waals surface area contributed by atoms with E-state index in [2.05, 4.69) is 5.32 Å². The molecule has 1 fully saturated rings. The number of hydrogen-bond donors (Lipinski definition) is 1. The van der Waals surface area contributed by atoms with Gasteiger partial charge in [-0.3, -0.25) is 9.59 Å². The van der Waals surface area contributed by atoms with E-state index in [0.29, 0.717) is 19.6 Å². The molecule has 23 heavy (non-hydrogen) atoms. The Morgan fingerprint density at radius 2 is 2.04 bits per heavy atom. The lowest BCUT2D eigenvalue weighted by molar-refractivity contribution is -0.128. The molecule has 0 aromatic heterocycles. The molecule has 1 heterocycles. The van der Waals surface area contributed by atoms with E-state index in [1.165, 1.54) is 0 Å². The summed E-state index contributed by atoms with van der Waals surface area (Å²) in [7, 11) is 0. The van der Waals surface area contributed by atoms with Crippen molar-refractivity contribution >= 4 is 29.1 Å². The second-order valence-corrected chi connectivity index (χ2v) is 6.59. The molecule has 1 aliphatic rings. The van der Waals surface area contributed by atoms with Crippen LogP contribution in [0.2, 0.25) is 0 Å². The van der Waals surface area contributed by atoms with Crippen molar-refractivity contribution in [2.75, 3.05) is 23.9 Å². The Morgan fingerprint density at radius 3 is 2.61 bits per heavy atom. The Labute approximate surface area is 141 Å². The van der Waals surface area contributed by atoms with Crippen LogP contribution in [-0.4, -0.2) is 36.9 Å². The molecule has 6 heteroatoms. The molecule has 2 amide bonds. The topological polar surface area (TPSA) is 58.6 Å². The summed E-state index contributed by atoms with van der Waals surface area (Å²) in [6.07, 6.45) is 0.303. The van der Waals surface area contributed by atoms with Gasteiger partial charge < -0.3 is 15.0 Å². The van der Waals surface area contributed by atoms with Gasteiger partial charge in [-0.25, -0.2) is 0 Å². The van der Waals surface area contributed by atoms with Crippen LogP contribution in [0, 0.1) is 5.41 Å². The van der Waals surface area contributed by atoms with Crippen molar-refractivity contribution in [3.63, 3.8) is 0 Å². The Kier molecular flexibility index (Phi) is 5.52. The molecule has 0 saturated carbocycles. The number of hydrogen-bond acceptors (Lipinski definition) is 3. The number of nitrogens with zero attached hydrogens (tertiary/aromatic N) is 1. The van der Waals surface area contributed by atoms with E-state index in [1.54, 1.807) is 18.7 Å². The fourth-order valence-corrected chi connectivity index (χ4v) is 2.51. The van der Waals surface area contributed by atoms with Gasteiger partial charge in [0, 0.05) is 24.5 Å². The Hall–Kier alpha value is -1.75. The van der Waals surface area contributed by atoms with Gasteiger partial charge in [0.15, 0.2) is 0 Å². The fraction of sp³-hybridized carbons (Fsp3) is 0.529. The first-order valence-corrected chi connectivity index (χ1v) is 8.31. The van der Waals surface area contributed by atoms with Crippen LogP contribution >= 0.6 is 11.6 Å². The summed E-state index contributed by atoms with van der Waals surface area (Å²) in [5, 5.41) is 2.92. The van der Waals surface area contributed by atoms with Crippen LogP contribution in [0.5, 0.6) is 5.75 Å². The predicted octanol–water partition coefficient (Wildman–Crippen LogP) is 2.57. The van der Waals surface area contributed by atoms with Crippen molar-refractivity contribution in [3.05, 3.63) is 24.3 Å². The largest absolute Gasteiger partial charge is 0.494 e. The maximum atomic E-state index is 12.2. The van der Waals surface area contributed by atoms with Gasteiger partial charge in [-0.05, 0) is 45.0 Å². The zero-order chi connectivity index (χ0) is 17.0. The van der Waals surface area contributed by atoms with Gasteiger partial charge in [0.1, 0.15) is 5.75 Å². The summed E-state index contributed by atoms with van der Waals surface area (Å²) in [6, 6.07) is 7.21. The quantitative estimate of drug-likeness (QED) is 0.811. The van der Waals surface area contributed by atoms with E-state index in [9.17, 15) is 9.59 Å². The van der Waals surface area contributed by atoms with Crippen molar-refractivity contribution in [1.29, 1.82) is 0 Å². The smallest absolute Gasteiger partial charge is 0.229 e. The number of rotatable bonds is 6. The number of alkyl halides is 1. The van der Waals surface area contributed by atoms with E-state index < -0.39 is 5.41 Å². The molecule has 1 aromatic carbocycles. The third-order valence-electron chi connectivity index (χ3n) is 3.87. The lowest BCUT2D eigenvalue weighted by Crippen LogP contribution is -2.44. The van der Waals surface area contributed by atoms with Crippen LogP contribution in [0.3, 0.4) is 0 Å². The highest BCUT2D eigenvalue weighted by Gasteiger charge is 2.35. The Bertz CT molecular complexity index is 572. The molecule has 1 saturated heterocycles. The lowest BCUT2D eigenvalue weighted by atomic mass is 9.95. The Balaban J connectivity index is 2.01. The highest BCUT2D eigenvalue weighted by molar-refractivity contribution is 6.19. The van der Waals surface area contributed by atoms with Crippen LogP contribution in [0.4, 0.5) is 5.69 Å². The second kappa shape index (κ2) is 7.21. The summed E-state index contributed by atoms with van der Waals surface area (Å²) >= 11 is 5.82. The number of halogens is 1. The van der Waals surface area contributed by atoms with Gasteiger partial charge in [0.05, 0.1) is 18.1 Å². The molecule has 0 unspecified atom stereocenters. The normalized spacial score (nSPS) is 18.2. The zero-order valence-corrected chi connectivity index (χ0v) is 14.5. The standard InChI is InChI=1S/C17H23ClN2O3/c1-4-23-14-7-5-13(6-8-14)20-10-12(9-15(20)21)19-16(22)17(2,3)11-18/h5-8,12H,4,9-11H2,1-3H3,(H,19,22)/t12-/m0/s1. The van der Waals surface area contributed by atoms with Gasteiger partial charge >= 0.3 is 0 Å². The van der Waals surface area contributed by atoms with Gasteiger partial charge in [-0.1, -0.05) is 0 Å². The Morgan fingerprint density at radius 1 is 1.39 bits per heavy atom. The molecule has 126 valence electrons. The summed E-state index contributed by atoms with van der Waals surface area (Å²) < 4.78 is 5.40. The van der Waals surface area contributed by atoms with Crippen molar-refractivity contribution in [2.24, 2.45) is 5.41 Å². The first-order valence-electron chi connectivity index (χ1n) is 7.77. The van der Waals surface area contributed by atoms with Crippen molar-refractivity contribution in [2.45, 2.75) is 33.2 Å². The zero-order valence-electron chi connectivity index (χ0n) is 13.8. The third-order valence-corrected chi connectivity index (χ3v) is 4.54. The van der Waals surface area contributed by atoms with Crippen LogP contribution < -0.4 is 15.0 Å². The van der Waals surface area contributed by atoms with Gasteiger partial charge in [0.2, 0.25) is 11.8 Å². The maximum Gasteiger partial charge on any atom is 0.229 e. The molecule has 1 N–H and O–H groups in total. The predicted molar refractivity (Wildman–Crippen MR) is 91.0 cm³/mol. The monoisotopic (exact) mass is 338 g/mol. The number of nitrogens with one attached hydrogen (secondary N) is 1. The highest BCUT2D eigenvalue weighted by Crippen LogP contribution is 2.25. The lowest BCUT2D eigenvalue weighted by Gasteiger charge is -2.23. The van der Waals surface area contributed by atoms with Crippen molar-refractivity contribution in [1.82, 2.24) is 5.32 Å². The number of carbonyl (C=O) groups is 2. The first-order chi connectivity index (χ1) is 10.9. The molecule has 0 radical (unpaired) electrons. The van der Waals surface area contributed by atoms with Gasteiger partial charge in [-0.15, -0.1) is 11.6 Å². The minimum Gasteiger partial charge on any atom is -0.494 e. The molecular formula is C17H23ClN2O3. The maximum absolute atomic E-state index is 12.2. The van der Waals surface area contributed by atoms with E-state index in [0.717, 1.165) is 11.4 Å². The third kappa shape index (κ3) is 4.16. The minimum absolute atomic E-state index is 0.00291. The van der Waals surface area contributed by atoms with Crippen molar-refractivity contribution in [3.8, 4) is 5.75 Å². The number of ether oxygens (including phenoxy) is 1. The van der Waals surface area contributed by atoms with Gasteiger partial charge in [0.25, 0.3) is 0 Å². The minimum atomic E-state index is -0.642. The molecule has 1 aromatic rings. The molecule has 1 aliphatic heterocycles. The average Bonchev–Trinajstić information content (AvgIpc) is 2.89. The SMILES string of the molecule is CCOc1ccc(N2C[C@@H](NC(=O)C(C)(C)CCl)CC2=O)cc1. The summed E-state index contributed by atoms with van der Waals surface area (Å²) in [5.41, 5.74) is 0.170. The van der Waals surface area contributed by atoms with E-state index >= 15 is 0 Å².